The lowest BCUT2D eigenvalue weighted by Gasteiger charge is -2.21. The number of likely N-dealkylation sites (N-methyl/N-ethyl adjacent to an activating group) is 1. The molecule has 0 fully saturated rings. The molecule has 0 aromatic carbocycles. The van der Waals surface area contributed by atoms with Gasteiger partial charge in [0, 0.05) is 27.7 Å². The second-order valence-electron chi connectivity index (χ2n) is 3.75. The van der Waals surface area contributed by atoms with Crippen LogP contribution in [0.3, 0.4) is 0 Å². The van der Waals surface area contributed by atoms with Gasteiger partial charge in [-0.25, -0.2) is 0 Å². The van der Waals surface area contributed by atoms with Crippen molar-refractivity contribution in [1.82, 2.24) is 9.55 Å². The zero-order valence-electron chi connectivity index (χ0n) is 10.0. The highest BCUT2D eigenvalue weighted by Crippen LogP contribution is 2.24. The summed E-state index contributed by atoms with van der Waals surface area (Å²) in [7, 11) is 4.80. The molecule has 17 heavy (non-hydrogen) atoms. The summed E-state index contributed by atoms with van der Waals surface area (Å²) in [6.45, 7) is 0.407. The SMILES string of the molecule is COCC(O)CN(C)c1c([N+](=O)[O-])ncn1C. The van der Waals surface area contributed by atoms with Crippen LogP contribution in [0, 0.1) is 10.1 Å². The van der Waals surface area contributed by atoms with E-state index in [4.69, 9.17) is 4.74 Å². The van der Waals surface area contributed by atoms with Crippen molar-refractivity contribution in [3.8, 4) is 0 Å². The summed E-state index contributed by atoms with van der Waals surface area (Å²) < 4.78 is 6.34. The maximum atomic E-state index is 10.8. The topological polar surface area (TPSA) is 93.7 Å². The normalized spacial score (nSPS) is 12.5. The van der Waals surface area contributed by atoms with Crippen LogP contribution in [0.2, 0.25) is 0 Å². The molecule has 0 aliphatic heterocycles. The van der Waals surface area contributed by atoms with Crippen LogP contribution in [0.4, 0.5) is 11.6 Å². The third-order valence-electron chi connectivity index (χ3n) is 2.27. The van der Waals surface area contributed by atoms with E-state index in [0.717, 1.165) is 0 Å². The van der Waals surface area contributed by atoms with Crippen LogP contribution in [0.25, 0.3) is 0 Å². The van der Waals surface area contributed by atoms with Crippen molar-refractivity contribution in [2.24, 2.45) is 7.05 Å². The molecule has 0 radical (unpaired) electrons. The molecule has 0 amide bonds. The average Bonchev–Trinajstić information content (AvgIpc) is 2.60. The van der Waals surface area contributed by atoms with E-state index >= 15 is 0 Å². The van der Waals surface area contributed by atoms with Crippen LogP contribution in [-0.2, 0) is 11.8 Å². The molecule has 0 spiro atoms. The molecule has 0 saturated heterocycles. The fraction of sp³-hybridized carbons (Fsp3) is 0.667. The lowest BCUT2D eigenvalue weighted by atomic mass is 10.3. The average molecular weight is 244 g/mol. The first-order valence-corrected chi connectivity index (χ1v) is 5.01. The number of hydrogen-bond acceptors (Lipinski definition) is 6. The number of nitro groups is 1. The molecule has 1 atom stereocenters. The minimum absolute atomic E-state index is 0.177. The molecular formula is C9H16N4O4. The molecule has 1 N–H and O–H groups in total. The lowest BCUT2D eigenvalue weighted by molar-refractivity contribution is -0.388. The number of ether oxygens (including phenoxy) is 1. The Hall–Kier alpha value is -1.67. The van der Waals surface area contributed by atoms with Crippen LogP contribution in [0.1, 0.15) is 0 Å². The molecule has 1 heterocycles. The van der Waals surface area contributed by atoms with Gasteiger partial charge in [0.1, 0.15) is 0 Å². The van der Waals surface area contributed by atoms with Gasteiger partial charge in [0.2, 0.25) is 12.1 Å². The van der Waals surface area contributed by atoms with E-state index in [2.05, 4.69) is 4.98 Å². The van der Waals surface area contributed by atoms with Gasteiger partial charge in [-0.05, 0) is 9.91 Å². The van der Waals surface area contributed by atoms with Crippen LogP contribution >= 0.6 is 0 Å². The molecule has 96 valence electrons. The van der Waals surface area contributed by atoms with Gasteiger partial charge in [-0.2, -0.15) is 0 Å². The molecule has 0 aliphatic carbocycles. The van der Waals surface area contributed by atoms with Crippen molar-refractivity contribution in [1.29, 1.82) is 0 Å². The first-order chi connectivity index (χ1) is 7.97. The number of aliphatic hydroxyl groups is 1. The Labute approximate surface area is 98.6 Å². The third kappa shape index (κ3) is 3.14. The number of anilines is 1. The predicted molar refractivity (Wildman–Crippen MR) is 61.0 cm³/mol. The molecule has 1 aromatic heterocycles. The van der Waals surface area contributed by atoms with Crippen molar-refractivity contribution < 1.29 is 14.8 Å². The monoisotopic (exact) mass is 244 g/mol. The first kappa shape index (κ1) is 13.4. The highest BCUT2D eigenvalue weighted by molar-refractivity contribution is 5.53. The Kier molecular flexibility index (Phi) is 4.41. The van der Waals surface area contributed by atoms with E-state index in [9.17, 15) is 15.2 Å². The first-order valence-electron chi connectivity index (χ1n) is 5.01. The standard InChI is InChI=1S/C9H16N4O4/c1-11(4-7(14)5-17-3)9-8(13(15)16)10-6-12(9)2/h6-7,14H,4-5H2,1-3H3. The Morgan fingerprint density at radius 3 is 2.94 bits per heavy atom. The molecule has 0 bridgehead atoms. The molecule has 8 heteroatoms. The van der Waals surface area contributed by atoms with Gasteiger partial charge in [-0.15, -0.1) is 0 Å². The maximum absolute atomic E-state index is 10.8. The molecule has 8 nitrogen and oxygen atoms in total. The van der Waals surface area contributed by atoms with E-state index in [1.807, 2.05) is 0 Å². The lowest BCUT2D eigenvalue weighted by Crippen LogP contribution is -2.33. The Bertz CT molecular complexity index is 392. The zero-order chi connectivity index (χ0) is 13.0. The quantitative estimate of drug-likeness (QED) is 0.549. The largest absolute Gasteiger partial charge is 0.406 e. The van der Waals surface area contributed by atoms with Crippen LogP contribution < -0.4 is 4.90 Å². The minimum Gasteiger partial charge on any atom is -0.389 e. The highest BCUT2D eigenvalue weighted by Gasteiger charge is 2.24. The molecule has 1 aromatic rings. The number of aliphatic hydroxyl groups excluding tert-OH is 1. The van der Waals surface area contributed by atoms with Gasteiger partial charge in [-0.1, -0.05) is 0 Å². The number of imidazole rings is 1. The number of hydrogen-bond donors (Lipinski definition) is 1. The number of aromatic nitrogens is 2. The van der Waals surface area contributed by atoms with Crippen LogP contribution in [0.15, 0.2) is 6.33 Å². The number of nitrogens with zero attached hydrogens (tertiary/aromatic N) is 4. The molecular weight excluding hydrogens is 228 g/mol. The van der Waals surface area contributed by atoms with Gasteiger partial charge < -0.3 is 24.9 Å². The van der Waals surface area contributed by atoms with Gasteiger partial charge >= 0.3 is 5.82 Å². The Morgan fingerprint density at radius 2 is 2.41 bits per heavy atom. The summed E-state index contributed by atoms with van der Waals surface area (Å²) in [6, 6.07) is 0. The van der Waals surface area contributed by atoms with E-state index in [-0.39, 0.29) is 19.0 Å². The van der Waals surface area contributed by atoms with Gasteiger partial charge in [0.25, 0.3) is 0 Å². The summed E-state index contributed by atoms with van der Waals surface area (Å²) in [4.78, 5) is 15.5. The molecule has 1 unspecified atom stereocenters. The second kappa shape index (κ2) is 5.60. The summed E-state index contributed by atoms with van der Waals surface area (Å²) in [5.41, 5.74) is 0. The zero-order valence-corrected chi connectivity index (χ0v) is 10.0. The Morgan fingerprint density at radius 1 is 1.76 bits per heavy atom. The summed E-state index contributed by atoms with van der Waals surface area (Å²) >= 11 is 0. The Balaban J connectivity index is 2.84. The van der Waals surface area contributed by atoms with Gasteiger partial charge in [0.05, 0.1) is 12.7 Å². The molecule has 0 saturated carbocycles. The van der Waals surface area contributed by atoms with E-state index in [1.165, 1.54) is 18.0 Å². The summed E-state index contributed by atoms with van der Waals surface area (Å²) in [5.74, 6) is 0.129. The number of methoxy groups -OCH3 is 1. The predicted octanol–water partition coefficient (Wildman–Crippen LogP) is -0.228. The van der Waals surface area contributed by atoms with Crippen molar-refractivity contribution in [2.75, 3.05) is 32.2 Å². The van der Waals surface area contributed by atoms with Gasteiger partial charge in [0.15, 0.2) is 0 Å². The van der Waals surface area contributed by atoms with Crippen molar-refractivity contribution in [3.63, 3.8) is 0 Å². The summed E-state index contributed by atoms with van der Waals surface area (Å²) in [5, 5.41) is 20.3. The fourth-order valence-electron chi connectivity index (χ4n) is 1.63. The van der Waals surface area contributed by atoms with Crippen molar-refractivity contribution in [3.05, 3.63) is 16.4 Å². The fourth-order valence-corrected chi connectivity index (χ4v) is 1.63. The van der Waals surface area contributed by atoms with Crippen LogP contribution in [0.5, 0.6) is 0 Å². The maximum Gasteiger partial charge on any atom is 0.406 e. The van der Waals surface area contributed by atoms with Crippen molar-refractivity contribution >= 4 is 11.6 Å². The molecule has 1 rings (SSSR count). The second-order valence-corrected chi connectivity index (χ2v) is 3.75. The van der Waals surface area contributed by atoms with E-state index in [0.29, 0.717) is 5.82 Å². The summed E-state index contributed by atoms with van der Waals surface area (Å²) in [6.07, 6.45) is 0.659. The third-order valence-corrected chi connectivity index (χ3v) is 2.27. The van der Waals surface area contributed by atoms with Crippen molar-refractivity contribution in [2.45, 2.75) is 6.10 Å². The number of rotatable bonds is 6. The highest BCUT2D eigenvalue weighted by atomic mass is 16.6. The smallest absolute Gasteiger partial charge is 0.389 e. The van der Waals surface area contributed by atoms with Gasteiger partial charge in [-0.3, -0.25) is 4.57 Å². The number of aryl methyl sites for hydroxylation is 1. The molecule has 0 aliphatic rings. The van der Waals surface area contributed by atoms with E-state index < -0.39 is 11.0 Å². The van der Waals surface area contributed by atoms with Crippen LogP contribution in [-0.4, -0.2) is 53.0 Å². The van der Waals surface area contributed by atoms with E-state index in [1.54, 1.807) is 19.0 Å². The minimum atomic E-state index is -0.709.